The van der Waals surface area contributed by atoms with Crippen molar-refractivity contribution in [2.75, 3.05) is 14.2 Å². The van der Waals surface area contributed by atoms with Crippen molar-refractivity contribution in [1.82, 2.24) is 0 Å². The van der Waals surface area contributed by atoms with Gasteiger partial charge in [-0.25, -0.2) is 0 Å². The van der Waals surface area contributed by atoms with Crippen LogP contribution in [-0.2, 0) is 18.9 Å². The van der Waals surface area contributed by atoms with E-state index in [1.54, 1.807) is 14.2 Å². The summed E-state index contributed by atoms with van der Waals surface area (Å²) in [6.07, 6.45) is 1.71. The van der Waals surface area contributed by atoms with Crippen LogP contribution >= 0.6 is 0 Å². The van der Waals surface area contributed by atoms with Crippen molar-refractivity contribution in [3.63, 3.8) is 0 Å². The minimum atomic E-state index is -0.648. The van der Waals surface area contributed by atoms with Gasteiger partial charge in [-0.15, -0.1) is 6.58 Å². The Morgan fingerprint density at radius 3 is 2.50 bits per heavy atom. The van der Waals surface area contributed by atoms with Gasteiger partial charge in [0, 0.05) is 13.0 Å². The fourth-order valence-electron chi connectivity index (χ4n) is 3.59. The second kappa shape index (κ2) is 6.84. The third kappa shape index (κ3) is 3.22. The first-order valence-corrected chi connectivity index (χ1v) is 8.28. The minimum Gasteiger partial charge on any atom is -0.497 e. The van der Waals surface area contributed by atoms with E-state index in [4.69, 9.17) is 23.7 Å². The molecule has 0 amide bonds. The molecule has 1 aromatic carbocycles. The van der Waals surface area contributed by atoms with Gasteiger partial charge in [0.1, 0.15) is 18.0 Å². The summed E-state index contributed by atoms with van der Waals surface area (Å²) in [7, 11) is 3.35. The summed E-state index contributed by atoms with van der Waals surface area (Å²) in [6, 6.07) is 8.03. The molecular weight excluding hydrogens is 308 g/mol. The lowest BCUT2D eigenvalue weighted by atomic mass is 9.87. The first-order valence-electron chi connectivity index (χ1n) is 8.28. The predicted octanol–water partition coefficient (Wildman–Crippen LogP) is 3.25. The van der Waals surface area contributed by atoms with Crippen molar-refractivity contribution in [2.24, 2.45) is 0 Å². The Kier molecular flexibility index (Phi) is 4.97. The highest BCUT2D eigenvalue weighted by Crippen LogP contribution is 2.43. The Bertz CT molecular complexity index is 568. The number of ether oxygens (including phenoxy) is 5. The van der Waals surface area contributed by atoms with Gasteiger partial charge < -0.3 is 23.7 Å². The molecule has 0 aromatic heterocycles. The summed E-state index contributed by atoms with van der Waals surface area (Å²) < 4.78 is 29.0. The molecule has 0 aliphatic carbocycles. The minimum absolute atomic E-state index is 0.110. The Hall–Kier alpha value is -1.40. The number of allylic oxidation sites excluding steroid dienone is 1. The average Bonchev–Trinajstić information content (AvgIpc) is 3.03. The summed E-state index contributed by atoms with van der Waals surface area (Å²) >= 11 is 0. The fraction of sp³-hybridized carbons (Fsp3) is 0.579. The summed E-state index contributed by atoms with van der Waals surface area (Å²) in [5.74, 6) is 0.293. The molecule has 0 bridgehead atoms. The van der Waals surface area contributed by atoms with Crippen LogP contribution in [0.4, 0.5) is 0 Å². The van der Waals surface area contributed by atoms with Gasteiger partial charge in [-0.1, -0.05) is 18.2 Å². The SMILES string of the molecule is C=CC[C@H](c1ccc(OC)cc1)[C@H]1O[C@@H]2OC(C)(C)O[C@@H]2[C@H]1OC. The number of benzene rings is 1. The molecule has 1 aromatic rings. The Morgan fingerprint density at radius 1 is 1.21 bits per heavy atom. The molecule has 2 saturated heterocycles. The van der Waals surface area contributed by atoms with E-state index in [1.165, 1.54) is 0 Å². The zero-order valence-corrected chi connectivity index (χ0v) is 14.7. The van der Waals surface area contributed by atoms with Crippen LogP contribution in [0.1, 0.15) is 31.7 Å². The van der Waals surface area contributed by atoms with E-state index in [2.05, 4.69) is 18.7 Å². The molecular formula is C19H26O5. The first-order chi connectivity index (χ1) is 11.5. The molecule has 0 saturated carbocycles. The molecule has 3 rings (SSSR count). The largest absolute Gasteiger partial charge is 0.497 e. The quantitative estimate of drug-likeness (QED) is 0.747. The molecule has 0 radical (unpaired) electrons. The molecule has 2 aliphatic rings. The maximum atomic E-state index is 6.20. The molecule has 2 heterocycles. The monoisotopic (exact) mass is 334 g/mol. The Labute approximate surface area is 143 Å². The summed E-state index contributed by atoms with van der Waals surface area (Å²) in [5.41, 5.74) is 1.15. The molecule has 0 unspecified atom stereocenters. The number of methoxy groups -OCH3 is 2. The number of rotatable bonds is 6. The third-order valence-electron chi connectivity index (χ3n) is 4.66. The zero-order chi connectivity index (χ0) is 17.3. The second-order valence-electron chi connectivity index (χ2n) is 6.67. The predicted molar refractivity (Wildman–Crippen MR) is 90.0 cm³/mol. The van der Waals surface area contributed by atoms with Crippen LogP contribution < -0.4 is 4.74 Å². The standard InChI is InChI=1S/C19H26O5/c1-6-7-14(12-8-10-13(20-4)11-9-12)15-16(21-5)17-18(22-15)24-19(2,3)23-17/h6,8-11,14-18H,1,7H2,2-5H3/t14-,15-,16+,17-,18-/m1/s1. The molecule has 132 valence electrons. The lowest BCUT2D eigenvalue weighted by Crippen LogP contribution is -2.39. The lowest BCUT2D eigenvalue weighted by Gasteiger charge is -2.30. The van der Waals surface area contributed by atoms with E-state index in [9.17, 15) is 0 Å². The number of hydrogen-bond donors (Lipinski definition) is 0. The number of fused-ring (bicyclic) bond motifs is 1. The molecule has 2 aliphatic heterocycles. The second-order valence-corrected chi connectivity index (χ2v) is 6.67. The van der Waals surface area contributed by atoms with Gasteiger partial charge in [-0.3, -0.25) is 0 Å². The molecule has 0 N–H and O–H groups in total. The van der Waals surface area contributed by atoms with Crippen LogP contribution in [0.2, 0.25) is 0 Å². The van der Waals surface area contributed by atoms with Crippen LogP contribution in [-0.4, -0.2) is 44.6 Å². The molecule has 24 heavy (non-hydrogen) atoms. The van der Waals surface area contributed by atoms with E-state index < -0.39 is 12.1 Å². The van der Waals surface area contributed by atoms with Crippen LogP contribution in [0.5, 0.6) is 5.75 Å². The maximum Gasteiger partial charge on any atom is 0.190 e. The normalized spacial score (nSPS) is 32.3. The van der Waals surface area contributed by atoms with Gasteiger partial charge in [-0.2, -0.15) is 0 Å². The average molecular weight is 334 g/mol. The van der Waals surface area contributed by atoms with Gasteiger partial charge in [0.05, 0.1) is 13.2 Å². The first kappa shape index (κ1) is 17.4. The van der Waals surface area contributed by atoms with Gasteiger partial charge in [-0.05, 0) is 38.0 Å². The van der Waals surface area contributed by atoms with Crippen molar-refractivity contribution in [1.29, 1.82) is 0 Å². The summed E-state index contributed by atoms with van der Waals surface area (Å²) in [4.78, 5) is 0. The lowest BCUT2D eigenvalue weighted by molar-refractivity contribution is -0.219. The van der Waals surface area contributed by atoms with E-state index in [-0.39, 0.29) is 24.2 Å². The van der Waals surface area contributed by atoms with Crippen LogP contribution in [0.25, 0.3) is 0 Å². The summed E-state index contributed by atoms with van der Waals surface area (Å²) in [5, 5.41) is 0. The van der Waals surface area contributed by atoms with Gasteiger partial charge >= 0.3 is 0 Å². The molecule has 5 heteroatoms. The fourth-order valence-corrected chi connectivity index (χ4v) is 3.59. The molecule has 5 nitrogen and oxygen atoms in total. The highest BCUT2D eigenvalue weighted by molar-refractivity contribution is 5.31. The van der Waals surface area contributed by atoms with Crippen molar-refractivity contribution in [3.8, 4) is 5.75 Å². The van der Waals surface area contributed by atoms with E-state index >= 15 is 0 Å². The topological polar surface area (TPSA) is 46.2 Å². The molecule has 2 fully saturated rings. The Morgan fingerprint density at radius 2 is 1.92 bits per heavy atom. The third-order valence-corrected chi connectivity index (χ3v) is 4.66. The van der Waals surface area contributed by atoms with E-state index in [0.29, 0.717) is 0 Å². The van der Waals surface area contributed by atoms with Crippen LogP contribution in [0.3, 0.4) is 0 Å². The summed E-state index contributed by atoms with van der Waals surface area (Å²) in [6.45, 7) is 7.67. The smallest absolute Gasteiger partial charge is 0.190 e. The highest BCUT2D eigenvalue weighted by Gasteiger charge is 2.56. The van der Waals surface area contributed by atoms with E-state index in [0.717, 1.165) is 17.7 Å². The Balaban J connectivity index is 1.84. The van der Waals surface area contributed by atoms with Crippen molar-refractivity contribution >= 4 is 0 Å². The van der Waals surface area contributed by atoms with Gasteiger partial charge in [0.25, 0.3) is 0 Å². The van der Waals surface area contributed by atoms with Crippen molar-refractivity contribution < 1.29 is 23.7 Å². The van der Waals surface area contributed by atoms with Crippen LogP contribution in [0.15, 0.2) is 36.9 Å². The zero-order valence-electron chi connectivity index (χ0n) is 14.7. The van der Waals surface area contributed by atoms with Crippen LogP contribution in [0, 0.1) is 0 Å². The van der Waals surface area contributed by atoms with Gasteiger partial charge in [0.2, 0.25) is 0 Å². The van der Waals surface area contributed by atoms with Crippen molar-refractivity contribution in [2.45, 2.75) is 56.6 Å². The molecule has 0 spiro atoms. The number of hydrogen-bond acceptors (Lipinski definition) is 5. The maximum absolute atomic E-state index is 6.20. The van der Waals surface area contributed by atoms with Gasteiger partial charge in [0.15, 0.2) is 12.1 Å². The molecule has 5 atom stereocenters. The highest BCUT2D eigenvalue weighted by atomic mass is 16.8. The van der Waals surface area contributed by atoms with E-state index in [1.807, 2.05) is 32.1 Å². The van der Waals surface area contributed by atoms with Crippen molar-refractivity contribution in [3.05, 3.63) is 42.5 Å².